The molecular formula is C26H36N4O6S. The van der Waals surface area contributed by atoms with Gasteiger partial charge < -0.3 is 25.4 Å². The number of hydrogen-bond acceptors (Lipinski definition) is 6. The summed E-state index contributed by atoms with van der Waals surface area (Å²) in [5, 5.41) is 15.3. The Kier molecular flexibility index (Phi) is 9.16. The molecule has 3 N–H and O–H groups in total. The van der Waals surface area contributed by atoms with Gasteiger partial charge in [0, 0.05) is 25.6 Å². The molecule has 11 heteroatoms. The van der Waals surface area contributed by atoms with Crippen LogP contribution in [0.3, 0.4) is 0 Å². The molecule has 3 rings (SSSR count). The Labute approximate surface area is 218 Å². The number of likely N-dealkylation sites (N-methyl/N-ethyl adjacent to an activating group) is 1. The van der Waals surface area contributed by atoms with E-state index in [0.717, 1.165) is 0 Å². The van der Waals surface area contributed by atoms with E-state index in [4.69, 9.17) is 4.74 Å². The zero-order valence-electron chi connectivity index (χ0n) is 21.8. The molecule has 202 valence electrons. The zero-order valence-corrected chi connectivity index (χ0v) is 22.7. The van der Waals surface area contributed by atoms with Crippen molar-refractivity contribution >= 4 is 27.6 Å². The fraction of sp³-hybridized carbons (Fsp3) is 0.462. The maximum Gasteiger partial charge on any atom is 0.319 e. The van der Waals surface area contributed by atoms with Gasteiger partial charge in [-0.05, 0) is 45.0 Å². The number of nitrogens with zero attached hydrogens (tertiary/aromatic N) is 2. The quantitative estimate of drug-likeness (QED) is 0.480. The van der Waals surface area contributed by atoms with Crippen LogP contribution >= 0.6 is 0 Å². The van der Waals surface area contributed by atoms with Crippen molar-refractivity contribution in [3.8, 4) is 5.75 Å². The van der Waals surface area contributed by atoms with E-state index in [1.165, 1.54) is 23.5 Å². The van der Waals surface area contributed by atoms with Crippen molar-refractivity contribution in [1.29, 1.82) is 0 Å². The third-order valence-electron chi connectivity index (χ3n) is 6.25. The molecule has 0 aliphatic carbocycles. The first-order chi connectivity index (χ1) is 17.4. The smallest absolute Gasteiger partial charge is 0.319 e. The van der Waals surface area contributed by atoms with Crippen molar-refractivity contribution < 1.29 is 27.9 Å². The molecule has 37 heavy (non-hydrogen) atoms. The summed E-state index contributed by atoms with van der Waals surface area (Å²) in [7, 11) is -2.31. The van der Waals surface area contributed by atoms with Crippen molar-refractivity contribution in [3.63, 3.8) is 0 Å². The number of carbonyl (C=O) groups is 2. The summed E-state index contributed by atoms with van der Waals surface area (Å²) in [6, 6.07) is 11.9. The molecule has 0 aromatic heterocycles. The predicted octanol–water partition coefficient (Wildman–Crippen LogP) is 2.76. The highest BCUT2D eigenvalue weighted by molar-refractivity contribution is 7.89. The van der Waals surface area contributed by atoms with E-state index in [1.807, 2.05) is 20.8 Å². The molecule has 0 bridgehead atoms. The molecule has 0 fully saturated rings. The highest BCUT2D eigenvalue weighted by Gasteiger charge is 2.36. The minimum Gasteiger partial charge on any atom is -0.486 e. The number of para-hydroxylation sites is 1. The van der Waals surface area contributed by atoms with Gasteiger partial charge in [0.2, 0.25) is 10.0 Å². The summed E-state index contributed by atoms with van der Waals surface area (Å²) >= 11 is 0. The number of sulfonamides is 1. The number of urea groups is 1. The van der Waals surface area contributed by atoms with E-state index in [9.17, 15) is 23.1 Å². The number of fused-ring (bicyclic) bond motifs is 1. The van der Waals surface area contributed by atoms with Crippen LogP contribution in [0.1, 0.15) is 38.1 Å². The normalized spacial score (nSPS) is 19.0. The highest BCUT2D eigenvalue weighted by atomic mass is 32.2. The van der Waals surface area contributed by atoms with E-state index in [0.29, 0.717) is 0 Å². The molecule has 3 atom stereocenters. The van der Waals surface area contributed by atoms with Crippen molar-refractivity contribution in [3.05, 3.63) is 54.1 Å². The van der Waals surface area contributed by atoms with E-state index < -0.39 is 28.2 Å². The lowest BCUT2D eigenvalue weighted by molar-refractivity contribution is 0.0389. The predicted molar refractivity (Wildman–Crippen MR) is 141 cm³/mol. The summed E-state index contributed by atoms with van der Waals surface area (Å²) in [4.78, 5) is 27.7. The molecule has 0 spiro atoms. The summed E-state index contributed by atoms with van der Waals surface area (Å²) < 4.78 is 34.0. The van der Waals surface area contributed by atoms with Gasteiger partial charge in [-0.2, -0.15) is 4.31 Å². The largest absolute Gasteiger partial charge is 0.486 e. The first-order valence-corrected chi connectivity index (χ1v) is 13.7. The van der Waals surface area contributed by atoms with Crippen molar-refractivity contribution in [2.24, 2.45) is 5.92 Å². The van der Waals surface area contributed by atoms with Gasteiger partial charge in [-0.25, -0.2) is 13.2 Å². The fourth-order valence-corrected chi connectivity index (χ4v) is 5.31. The fourth-order valence-electron chi connectivity index (χ4n) is 4.10. The van der Waals surface area contributed by atoms with Gasteiger partial charge in [0.05, 0.1) is 35.3 Å². The molecule has 1 heterocycles. The number of amides is 3. The second-order valence-corrected chi connectivity index (χ2v) is 11.7. The number of carbonyl (C=O) groups excluding carboxylic acids is 2. The van der Waals surface area contributed by atoms with Crippen LogP contribution in [-0.2, 0) is 10.0 Å². The van der Waals surface area contributed by atoms with Crippen LogP contribution < -0.4 is 15.4 Å². The first kappa shape index (κ1) is 28.4. The first-order valence-electron chi connectivity index (χ1n) is 12.3. The number of anilines is 1. The number of aliphatic hydroxyl groups excluding tert-OH is 1. The van der Waals surface area contributed by atoms with E-state index in [1.54, 1.807) is 48.2 Å². The molecule has 0 unspecified atom stereocenters. The van der Waals surface area contributed by atoms with Crippen LogP contribution in [0.5, 0.6) is 5.75 Å². The minimum absolute atomic E-state index is 0.000104. The zero-order chi connectivity index (χ0) is 27.3. The Morgan fingerprint density at radius 2 is 1.84 bits per heavy atom. The Bertz CT molecular complexity index is 1200. The van der Waals surface area contributed by atoms with Gasteiger partial charge in [0.25, 0.3) is 5.91 Å². The number of hydrogen-bond donors (Lipinski definition) is 3. The standard InChI is InChI=1S/C26H36N4O6S/c1-17(2)27-26(33)28-22-13-9-12-21-24(22)36-23(18(3)14-30(25(21)32)19(4)16-31)15-29(5)37(34,35)20-10-7-6-8-11-20/h6-13,17-19,23,31H,14-16H2,1-5H3,(H2,27,28,33)/t18-,19+,23+/m0/s1. The van der Waals surface area contributed by atoms with E-state index >= 15 is 0 Å². The second-order valence-electron chi connectivity index (χ2n) is 9.66. The van der Waals surface area contributed by atoms with Crippen LogP contribution in [0.25, 0.3) is 0 Å². The molecule has 0 saturated heterocycles. The van der Waals surface area contributed by atoms with Crippen LogP contribution in [0.4, 0.5) is 10.5 Å². The number of aliphatic hydroxyl groups is 1. The van der Waals surface area contributed by atoms with Gasteiger partial charge in [0.15, 0.2) is 5.75 Å². The van der Waals surface area contributed by atoms with Gasteiger partial charge in [-0.3, -0.25) is 4.79 Å². The van der Waals surface area contributed by atoms with Crippen LogP contribution in [0.15, 0.2) is 53.4 Å². The Balaban J connectivity index is 2.02. The number of ether oxygens (including phenoxy) is 1. The maximum atomic E-state index is 13.5. The molecule has 2 aromatic rings. The molecule has 0 radical (unpaired) electrons. The lowest BCUT2D eigenvalue weighted by Crippen LogP contribution is -2.50. The SMILES string of the molecule is CC(C)NC(=O)Nc1cccc2c1O[C@H](CN(C)S(=O)(=O)c1ccccc1)[C@@H](C)CN([C@H](C)CO)C2=O. The van der Waals surface area contributed by atoms with Crippen molar-refractivity contribution in [2.45, 2.75) is 50.8 Å². The summed E-state index contributed by atoms with van der Waals surface area (Å²) in [6.07, 6.45) is -0.667. The van der Waals surface area contributed by atoms with Gasteiger partial charge >= 0.3 is 6.03 Å². The average molecular weight is 533 g/mol. The monoisotopic (exact) mass is 532 g/mol. The molecule has 2 aromatic carbocycles. The van der Waals surface area contributed by atoms with E-state index in [2.05, 4.69) is 10.6 Å². The molecule has 0 saturated carbocycles. The van der Waals surface area contributed by atoms with Crippen LogP contribution in [0.2, 0.25) is 0 Å². The summed E-state index contributed by atoms with van der Waals surface area (Å²) in [5.74, 6) is -0.499. The van der Waals surface area contributed by atoms with Gasteiger partial charge in [-0.1, -0.05) is 31.2 Å². The molecule has 1 aliphatic heterocycles. The third-order valence-corrected chi connectivity index (χ3v) is 8.09. The Morgan fingerprint density at radius 1 is 1.16 bits per heavy atom. The topological polar surface area (TPSA) is 128 Å². The number of benzene rings is 2. The number of rotatable bonds is 8. The number of nitrogens with one attached hydrogen (secondary N) is 2. The van der Waals surface area contributed by atoms with Crippen molar-refractivity contribution in [1.82, 2.24) is 14.5 Å². The van der Waals surface area contributed by atoms with E-state index in [-0.39, 0.29) is 59.5 Å². The van der Waals surface area contributed by atoms with Crippen molar-refractivity contribution in [2.75, 3.05) is 32.1 Å². The lowest BCUT2D eigenvalue weighted by Gasteiger charge is -2.38. The lowest BCUT2D eigenvalue weighted by atomic mass is 9.99. The minimum atomic E-state index is -3.80. The van der Waals surface area contributed by atoms with Crippen LogP contribution in [0, 0.1) is 5.92 Å². The summed E-state index contributed by atoms with van der Waals surface area (Å²) in [5.41, 5.74) is 0.501. The Morgan fingerprint density at radius 3 is 2.46 bits per heavy atom. The average Bonchev–Trinajstić information content (AvgIpc) is 2.85. The molecular weight excluding hydrogens is 496 g/mol. The van der Waals surface area contributed by atoms with Crippen LogP contribution in [-0.4, -0.2) is 79.6 Å². The van der Waals surface area contributed by atoms with Gasteiger partial charge in [-0.15, -0.1) is 0 Å². The molecule has 10 nitrogen and oxygen atoms in total. The Hall–Kier alpha value is -3.15. The molecule has 3 amide bonds. The maximum absolute atomic E-state index is 13.5. The van der Waals surface area contributed by atoms with Gasteiger partial charge in [0.1, 0.15) is 6.10 Å². The molecule has 1 aliphatic rings. The second kappa shape index (κ2) is 11.9. The highest BCUT2D eigenvalue weighted by Crippen LogP contribution is 2.35. The third kappa shape index (κ3) is 6.60. The summed E-state index contributed by atoms with van der Waals surface area (Å²) in [6.45, 7) is 7.26.